The van der Waals surface area contributed by atoms with Gasteiger partial charge in [0.25, 0.3) is 0 Å². The predicted molar refractivity (Wildman–Crippen MR) is 63.3 cm³/mol. The van der Waals surface area contributed by atoms with Crippen LogP contribution < -0.4 is 9.84 Å². The summed E-state index contributed by atoms with van der Waals surface area (Å²) in [6.45, 7) is 1.74. The summed E-state index contributed by atoms with van der Waals surface area (Å²) in [5.74, 6) is -1.97. The van der Waals surface area contributed by atoms with Gasteiger partial charge in [0.05, 0.1) is 11.5 Å². The normalized spacial score (nSPS) is 18.0. The monoisotopic (exact) mass is 287 g/mol. The topological polar surface area (TPSA) is 49.4 Å². The molecule has 0 radical (unpaired) electrons. The molecule has 3 nitrogen and oxygen atoms in total. The van der Waals surface area contributed by atoms with Crippen molar-refractivity contribution in [3.05, 3.63) is 29.3 Å². The standard InChI is InChI=1S/C14H15F3O3/c1-13(6-2-3-7-13)20-11-8-9(12(18)19)4-5-10(11)14(15,16)17/h4-5,8H,2-3,6-7H2,1H3,(H,18,19)/p-1. The van der Waals surface area contributed by atoms with Crippen LogP contribution in [-0.2, 0) is 6.18 Å². The molecule has 1 aliphatic rings. The maximum Gasteiger partial charge on any atom is 0.419 e. The van der Waals surface area contributed by atoms with Gasteiger partial charge < -0.3 is 14.6 Å². The van der Waals surface area contributed by atoms with E-state index in [0.29, 0.717) is 12.8 Å². The second kappa shape index (κ2) is 5.00. The van der Waals surface area contributed by atoms with Gasteiger partial charge in [-0.3, -0.25) is 0 Å². The van der Waals surface area contributed by atoms with Gasteiger partial charge in [0.1, 0.15) is 11.4 Å². The Hall–Kier alpha value is -1.72. The molecule has 1 aromatic carbocycles. The fraction of sp³-hybridized carbons (Fsp3) is 0.500. The maximum atomic E-state index is 12.9. The summed E-state index contributed by atoms with van der Waals surface area (Å²) < 4.78 is 44.3. The molecule has 0 spiro atoms. The molecule has 0 saturated heterocycles. The van der Waals surface area contributed by atoms with Crippen LogP contribution in [0.5, 0.6) is 5.75 Å². The average molecular weight is 287 g/mol. The summed E-state index contributed by atoms with van der Waals surface area (Å²) in [5.41, 5.74) is -1.96. The van der Waals surface area contributed by atoms with Crippen molar-refractivity contribution < 1.29 is 27.8 Å². The first kappa shape index (κ1) is 14.7. The first-order chi connectivity index (χ1) is 9.21. The Morgan fingerprint density at radius 2 is 1.90 bits per heavy atom. The van der Waals surface area contributed by atoms with Crippen molar-refractivity contribution in [2.75, 3.05) is 0 Å². The molecule has 6 heteroatoms. The molecule has 0 bridgehead atoms. The van der Waals surface area contributed by atoms with E-state index in [-0.39, 0.29) is 5.56 Å². The van der Waals surface area contributed by atoms with Crippen LogP contribution in [0.3, 0.4) is 0 Å². The molecular weight excluding hydrogens is 273 g/mol. The Bertz CT molecular complexity index is 517. The van der Waals surface area contributed by atoms with Gasteiger partial charge >= 0.3 is 6.18 Å². The van der Waals surface area contributed by atoms with Crippen molar-refractivity contribution in [1.82, 2.24) is 0 Å². The van der Waals surface area contributed by atoms with Crippen molar-refractivity contribution in [2.45, 2.75) is 44.4 Å². The Morgan fingerprint density at radius 1 is 1.30 bits per heavy atom. The molecule has 110 valence electrons. The van der Waals surface area contributed by atoms with E-state index in [1.54, 1.807) is 6.92 Å². The maximum absolute atomic E-state index is 12.9. The number of carboxylic acid groups (broad SMARTS) is 1. The first-order valence-electron chi connectivity index (χ1n) is 6.33. The molecule has 2 rings (SSSR count). The molecule has 0 unspecified atom stereocenters. The lowest BCUT2D eigenvalue weighted by molar-refractivity contribution is -0.255. The molecule has 0 heterocycles. The van der Waals surface area contributed by atoms with E-state index in [2.05, 4.69) is 0 Å². The van der Waals surface area contributed by atoms with Crippen LogP contribution in [0.15, 0.2) is 18.2 Å². The first-order valence-corrected chi connectivity index (χ1v) is 6.33. The Labute approximate surface area is 114 Å². The molecule has 1 fully saturated rings. The van der Waals surface area contributed by atoms with Gasteiger partial charge in [-0.05, 0) is 44.7 Å². The van der Waals surface area contributed by atoms with Crippen LogP contribution in [0.25, 0.3) is 0 Å². The molecule has 1 saturated carbocycles. The van der Waals surface area contributed by atoms with E-state index in [1.807, 2.05) is 0 Å². The summed E-state index contributed by atoms with van der Waals surface area (Å²) >= 11 is 0. The largest absolute Gasteiger partial charge is 0.545 e. The SMILES string of the molecule is CC1(Oc2cc(C(=O)[O-])ccc2C(F)(F)F)CCCC1. The van der Waals surface area contributed by atoms with Crippen LogP contribution >= 0.6 is 0 Å². The van der Waals surface area contributed by atoms with Crippen molar-refractivity contribution in [3.8, 4) is 5.75 Å². The lowest BCUT2D eigenvalue weighted by Crippen LogP contribution is -2.30. The minimum Gasteiger partial charge on any atom is -0.545 e. The van der Waals surface area contributed by atoms with Crippen molar-refractivity contribution in [3.63, 3.8) is 0 Å². The minimum absolute atomic E-state index is 0.324. The highest BCUT2D eigenvalue weighted by Crippen LogP contribution is 2.41. The molecule has 0 aliphatic heterocycles. The van der Waals surface area contributed by atoms with Gasteiger partial charge in [-0.25, -0.2) is 0 Å². The number of ether oxygens (including phenoxy) is 1. The van der Waals surface area contributed by atoms with E-state index in [4.69, 9.17) is 4.74 Å². The third kappa shape index (κ3) is 3.05. The quantitative estimate of drug-likeness (QED) is 0.859. The highest BCUT2D eigenvalue weighted by molar-refractivity contribution is 5.86. The summed E-state index contributed by atoms with van der Waals surface area (Å²) in [5, 5.41) is 10.8. The van der Waals surface area contributed by atoms with Crippen molar-refractivity contribution in [2.24, 2.45) is 0 Å². The smallest absolute Gasteiger partial charge is 0.419 e. The lowest BCUT2D eigenvalue weighted by atomic mass is 10.0. The minimum atomic E-state index is -4.59. The molecule has 0 N–H and O–H groups in total. The summed E-state index contributed by atoms with van der Waals surface area (Å²) in [6, 6.07) is 2.49. The number of benzene rings is 1. The van der Waals surface area contributed by atoms with Crippen LogP contribution in [0.4, 0.5) is 13.2 Å². The van der Waals surface area contributed by atoms with E-state index in [9.17, 15) is 23.1 Å². The van der Waals surface area contributed by atoms with Gasteiger partial charge in [0.15, 0.2) is 0 Å². The zero-order valence-corrected chi connectivity index (χ0v) is 10.9. The van der Waals surface area contributed by atoms with E-state index in [1.165, 1.54) is 0 Å². The molecule has 1 aromatic rings. The van der Waals surface area contributed by atoms with E-state index >= 15 is 0 Å². The highest BCUT2D eigenvalue weighted by Gasteiger charge is 2.38. The summed E-state index contributed by atoms with van der Waals surface area (Å²) in [4.78, 5) is 10.8. The van der Waals surface area contributed by atoms with E-state index in [0.717, 1.165) is 31.0 Å². The third-order valence-corrected chi connectivity index (χ3v) is 3.54. The molecular formula is C14H14F3O3-. The van der Waals surface area contributed by atoms with Crippen molar-refractivity contribution >= 4 is 5.97 Å². The second-order valence-electron chi connectivity index (χ2n) is 5.26. The van der Waals surface area contributed by atoms with Gasteiger partial charge in [-0.15, -0.1) is 0 Å². The highest BCUT2D eigenvalue weighted by atomic mass is 19.4. The number of hydrogen-bond donors (Lipinski definition) is 0. The third-order valence-electron chi connectivity index (χ3n) is 3.54. The van der Waals surface area contributed by atoms with Crippen LogP contribution in [0.1, 0.15) is 48.5 Å². The number of carbonyl (C=O) groups excluding carboxylic acids is 1. The molecule has 0 amide bonds. The van der Waals surface area contributed by atoms with Gasteiger partial charge in [-0.2, -0.15) is 13.2 Å². The summed E-state index contributed by atoms with van der Waals surface area (Å²) in [6.07, 6.45) is -1.51. The molecule has 20 heavy (non-hydrogen) atoms. The zero-order chi connectivity index (χ0) is 15.0. The fourth-order valence-electron chi connectivity index (χ4n) is 2.46. The molecule has 0 aromatic heterocycles. The predicted octanol–water partition coefficient (Wildman–Crippen LogP) is 2.78. The Kier molecular flexibility index (Phi) is 3.67. The number of rotatable bonds is 3. The zero-order valence-electron chi connectivity index (χ0n) is 10.9. The van der Waals surface area contributed by atoms with Crippen LogP contribution in [0, 0.1) is 0 Å². The molecule has 0 atom stereocenters. The number of hydrogen-bond acceptors (Lipinski definition) is 3. The van der Waals surface area contributed by atoms with Gasteiger partial charge in [0, 0.05) is 5.56 Å². The number of carboxylic acids is 1. The fourth-order valence-corrected chi connectivity index (χ4v) is 2.46. The van der Waals surface area contributed by atoms with Crippen molar-refractivity contribution in [1.29, 1.82) is 0 Å². The molecule has 1 aliphatic carbocycles. The van der Waals surface area contributed by atoms with E-state index < -0.39 is 29.1 Å². The number of aromatic carboxylic acids is 1. The van der Waals surface area contributed by atoms with Gasteiger partial charge in [-0.1, -0.05) is 6.07 Å². The Morgan fingerprint density at radius 3 is 2.40 bits per heavy atom. The number of alkyl halides is 3. The number of halogens is 3. The number of carbonyl (C=O) groups is 1. The van der Waals surface area contributed by atoms with Gasteiger partial charge in [0.2, 0.25) is 0 Å². The van der Waals surface area contributed by atoms with Crippen LogP contribution in [-0.4, -0.2) is 11.6 Å². The average Bonchev–Trinajstić information content (AvgIpc) is 2.74. The van der Waals surface area contributed by atoms with Crippen LogP contribution in [0.2, 0.25) is 0 Å². The lowest BCUT2D eigenvalue weighted by Gasteiger charge is -2.28. The summed E-state index contributed by atoms with van der Waals surface area (Å²) in [7, 11) is 0. The Balaban J connectivity index is 2.41. The second-order valence-corrected chi connectivity index (χ2v) is 5.26.